The van der Waals surface area contributed by atoms with Crippen LogP contribution in [0.15, 0.2) is 0 Å². The standard InChI is InChI=1S/C23H36N2O5/c26-19-16-30-20-7-4-10-23(19,20)24-22(28)18(9-8-17-5-2-1-3-6-17)15-21(27)25-11-13-29-14-12-25/h17-18,20H,1-16H2,(H,24,28). The highest BCUT2D eigenvalue weighted by molar-refractivity contribution is 5.97. The van der Waals surface area contributed by atoms with Crippen molar-refractivity contribution in [1.82, 2.24) is 10.2 Å². The molecule has 1 N–H and O–H groups in total. The van der Waals surface area contributed by atoms with Crippen LogP contribution in [-0.2, 0) is 23.9 Å². The van der Waals surface area contributed by atoms with Gasteiger partial charge in [0.15, 0.2) is 5.78 Å². The van der Waals surface area contributed by atoms with Gasteiger partial charge in [0.05, 0.1) is 19.3 Å². The fourth-order valence-electron chi connectivity index (χ4n) is 5.75. The Morgan fingerprint density at radius 2 is 1.87 bits per heavy atom. The van der Waals surface area contributed by atoms with E-state index in [9.17, 15) is 14.4 Å². The summed E-state index contributed by atoms with van der Waals surface area (Å²) < 4.78 is 11.0. The fourth-order valence-corrected chi connectivity index (χ4v) is 5.75. The maximum absolute atomic E-state index is 13.4. The first kappa shape index (κ1) is 21.8. The zero-order chi connectivity index (χ0) is 21.0. The number of hydrogen-bond donors (Lipinski definition) is 1. The van der Waals surface area contributed by atoms with Gasteiger partial charge in [0.25, 0.3) is 0 Å². The Balaban J connectivity index is 1.41. The highest BCUT2D eigenvalue weighted by atomic mass is 16.5. The number of nitrogens with one attached hydrogen (secondary N) is 1. The molecule has 2 saturated carbocycles. The number of morpholine rings is 1. The zero-order valence-electron chi connectivity index (χ0n) is 18.0. The van der Waals surface area contributed by atoms with Crippen LogP contribution in [0.1, 0.15) is 70.6 Å². The Morgan fingerprint density at radius 3 is 2.63 bits per heavy atom. The molecule has 0 spiro atoms. The molecule has 0 aromatic carbocycles. The molecule has 168 valence electrons. The second-order valence-corrected chi connectivity index (χ2v) is 9.55. The number of carbonyl (C=O) groups excluding carboxylic acids is 3. The van der Waals surface area contributed by atoms with Gasteiger partial charge in [-0.05, 0) is 38.0 Å². The number of hydrogen-bond acceptors (Lipinski definition) is 5. The van der Waals surface area contributed by atoms with E-state index in [0.717, 1.165) is 19.3 Å². The summed E-state index contributed by atoms with van der Waals surface area (Å²) >= 11 is 0. The van der Waals surface area contributed by atoms with Crippen LogP contribution >= 0.6 is 0 Å². The molecule has 0 aromatic rings. The molecule has 3 unspecified atom stereocenters. The van der Waals surface area contributed by atoms with Gasteiger partial charge in [0, 0.05) is 25.4 Å². The van der Waals surface area contributed by atoms with Crippen molar-refractivity contribution in [2.45, 2.75) is 82.3 Å². The minimum absolute atomic E-state index is 0.0103. The number of nitrogens with zero attached hydrogens (tertiary/aromatic N) is 1. The van der Waals surface area contributed by atoms with Crippen LogP contribution in [-0.4, -0.2) is 67.1 Å². The van der Waals surface area contributed by atoms with Gasteiger partial charge in [-0.1, -0.05) is 32.1 Å². The van der Waals surface area contributed by atoms with Crippen molar-refractivity contribution in [2.75, 3.05) is 32.9 Å². The Morgan fingerprint density at radius 1 is 1.10 bits per heavy atom. The molecule has 7 heteroatoms. The van der Waals surface area contributed by atoms with E-state index in [0.29, 0.717) is 45.1 Å². The summed E-state index contributed by atoms with van der Waals surface area (Å²) in [5.74, 6) is 0.145. The van der Waals surface area contributed by atoms with E-state index >= 15 is 0 Å². The Bertz CT molecular complexity index is 642. The normalized spacial score (nSPS) is 30.9. The van der Waals surface area contributed by atoms with Gasteiger partial charge in [-0.2, -0.15) is 0 Å². The van der Waals surface area contributed by atoms with Crippen LogP contribution in [0, 0.1) is 11.8 Å². The van der Waals surface area contributed by atoms with Crippen molar-refractivity contribution in [1.29, 1.82) is 0 Å². The average molecular weight is 421 g/mol. The summed E-state index contributed by atoms with van der Waals surface area (Å²) in [6, 6.07) is 0. The summed E-state index contributed by atoms with van der Waals surface area (Å²) in [6.45, 7) is 2.38. The number of amides is 2. The number of ether oxygens (including phenoxy) is 2. The first-order chi connectivity index (χ1) is 14.6. The number of fused-ring (bicyclic) bond motifs is 1. The average Bonchev–Trinajstić information content (AvgIpc) is 3.31. The summed E-state index contributed by atoms with van der Waals surface area (Å²) in [6.07, 6.45) is 10.3. The lowest BCUT2D eigenvalue weighted by molar-refractivity contribution is -0.140. The number of ketones is 1. The van der Waals surface area contributed by atoms with Gasteiger partial charge in [-0.15, -0.1) is 0 Å². The summed E-state index contributed by atoms with van der Waals surface area (Å²) in [7, 11) is 0. The van der Waals surface area contributed by atoms with Crippen LogP contribution in [0.5, 0.6) is 0 Å². The van der Waals surface area contributed by atoms with E-state index in [-0.39, 0.29) is 42.6 Å². The van der Waals surface area contributed by atoms with Gasteiger partial charge in [0.2, 0.25) is 11.8 Å². The summed E-state index contributed by atoms with van der Waals surface area (Å²) in [5.41, 5.74) is -0.859. The van der Waals surface area contributed by atoms with Gasteiger partial charge in [-0.25, -0.2) is 0 Å². The molecule has 2 aliphatic heterocycles. The third-order valence-corrected chi connectivity index (χ3v) is 7.65. The summed E-state index contributed by atoms with van der Waals surface area (Å²) in [4.78, 5) is 40.6. The maximum Gasteiger partial charge on any atom is 0.224 e. The second kappa shape index (κ2) is 9.77. The molecular weight excluding hydrogens is 384 g/mol. The molecular formula is C23H36N2O5. The summed E-state index contributed by atoms with van der Waals surface area (Å²) in [5, 5.41) is 3.09. The topological polar surface area (TPSA) is 84.9 Å². The van der Waals surface area contributed by atoms with Gasteiger partial charge in [0.1, 0.15) is 12.1 Å². The van der Waals surface area contributed by atoms with E-state index in [1.807, 2.05) is 4.90 Å². The first-order valence-corrected chi connectivity index (χ1v) is 11.9. The van der Waals surface area contributed by atoms with Crippen LogP contribution < -0.4 is 5.32 Å². The minimum Gasteiger partial charge on any atom is -0.378 e. The van der Waals surface area contributed by atoms with Crippen molar-refractivity contribution >= 4 is 17.6 Å². The van der Waals surface area contributed by atoms with E-state index in [1.165, 1.54) is 32.1 Å². The molecule has 0 radical (unpaired) electrons. The Kier molecular flexibility index (Phi) is 7.08. The van der Waals surface area contributed by atoms with E-state index in [4.69, 9.17) is 9.47 Å². The van der Waals surface area contributed by atoms with Crippen LogP contribution in [0.25, 0.3) is 0 Å². The first-order valence-electron chi connectivity index (χ1n) is 11.9. The molecule has 2 aliphatic carbocycles. The molecule has 2 amide bonds. The molecule has 3 atom stereocenters. The lowest BCUT2D eigenvalue weighted by Gasteiger charge is -2.32. The molecule has 0 aromatic heterocycles. The molecule has 2 saturated heterocycles. The quantitative estimate of drug-likeness (QED) is 0.683. The smallest absolute Gasteiger partial charge is 0.224 e. The van der Waals surface area contributed by atoms with E-state index < -0.39 is 5.54 Å². The predicted molar refractivity (Wildman–Crippen MR) is 111 cm³/mol. The Hall–Kier alpha value is -1.47. The number of rotatable bonds is 7. The Labute approximate surface area is 179 Å². The lowest BCUT2D eigenvalue weighted by atomic mass is 9.83. The molecule has 0 bridgehead atoms. The third kappa shape index (κ3) is 4.72. The number of carbonyl (C=O) groups is 3. The van der Waals surface area contributed by atoms with Crippen molar-refractivity contribution in [3.05, 3.63) is 0 Å². The van der Waals surface area contributed by atoms with Crippen molar-refractivity contribution in [3.63, 3.8) is 0 Å². The van der Waals surface area contributed by atoms with Gasteiger partial charge >= 0.3 is 0 Å². The molecule has 4 fully saturated rings. The zero-order valence-corrected chi connectivity index (χ0v) is 18.0. The van der Waals surface area contributed by atoms with Gasteiger partial charge in [-0.3, -0.25) is 14.4 Å². The SMILES string of the molecule is O=C(NC12CCCC1OCC2=O)C(CCC1CCCCC1)CC(=O)N1CCOCC1. The van der Waals surface area contributed by atoms with Crippen molar-refractivity contribution < 1.29 is 23.9 Å². The second-order valence-electron chi connectivity index (χ2n) is 9.55. The van der Waals surface area contributed by atoms with E-state index in [2.05, 4.69) is 5.32 Å². The molecule has 2 heterocycles. The van der Waals surface area contributed by atoms with Crippen molar-refractivity contribution in [2.24, 2.45) is 11.8 Å². The van der Waals surface area contributed by atoms with Crippen LogP contribution in [0.2, 0.25) is 0 Å². The molecule has 4 rings (SSSR count). The van der Waals surface area contributed by atoms with Gasteiger partial charge < -0.3 is 19.7 Å². The largest absolute Gasteiger partial charge is 0.378 e. The number of Topliss-reactive ketones (excluding diaryl/α,β-unsaturated/α-hetero) is 1. The molecule has 4 aliphatic rings. The monoisotopic (exact) mass is 420 g/mol. The lowest BCUT2D eigenvalue weighted by Crippen LogP contribution is -2.57. The fraction of sp³-hybridized carbons (Fsp3) is 0.870. The third-order valence-electron chi connectivity index (χ3n) is 7.65. The molecule has 7 nitrogen and oxygen atoms in total. The highest BCUT2D eigenvalue weighted by Gasteiger charge is 2.55. The highest BCUT2D eigenvalue weighted by Crippen LogP contribution is 2.38. The van der Waals surface area contributed by atoms with Crippen LogP contribution in [0.3, 0.4) is 0 Å². The van der Waals surface area contributed by atoms with Crippen molar-refractivity contribution in [3.8, 4) is 0 Å². The molecule has 30 heavy (non-hydrogen) atoms. The minimum atomic E-state index is -0.859. The predicted octanol–water partition coefficient (Wildman–Crippen LogP) is 2.22. The van der Waals surface area contributed by atoms with Crippen LogP contribution in [0.4, 0.5) is 0 Å². The van der Waals surface area contributed by atoms with E-state index in [1.54, 1.807) is 0 Å². The maximum atomic E-state index is 13.4.